The molecule has 0 radical (unpaired) electrons. The first kappa shape index (κ1) is 17.7. The monoisotopic (exact) mass is 286 g/mol. The highest BCUT2D eigenvalue weighted by atomic mass is 16.1. The third kappa shape index (κ3) is 6.75. The molecular formula is C20H30O. The highest BCUT2D eigenvalue weighted by Crippen LogP contribution is 2.22. The lowest BCUT2D eigenvalue weighted by atomic mass is 9.88. The molecule has 1 aliphatic carbocycles. The molecule has 1 nitrogen and oxygen atoms in total. The summed E-state index contributed by atoms with van der Waals surface area (Å²) in [5.74, 6) is 0.285. The molecule has 1 heteroatoms. The van der Waals surface area contributed by atoms with Gasteiger partial charge in [0.05, 0.1) is 0 Å². The maximum Gasteiger partial charge on any atom is 0.144 e. The van der Waals surface area contributed by atoms with E-state index in [2.05, 4.69) is 45.6 Å². The summed E-state index contributed by atoms with van der Waals surface area (Å²) in [6.07, 6.45) is 12.5. The summed E-state index contributed by atoms with van der Waals surface area (Å²) < 4.78 is 0. The molecule has 0 saturated carbocycles. The summed E-state index contributed by atoms with van der Waals surface area (Å²) in [6.45, 7) is 12.4. The molecule has 0 saturated heterocycles. The maximum atomic E-state index is 12.5. The Hall–Kier alpha value is -1.37. The molecule has 0 N–H and O–H groups in total. The van der Waals surface area contributed by atoms with Crippen LogP contribution < -0.4 is 0 Å². The molecule has 1 aliphatic rings. The van der Waals surface area contributed by atoms with Gasteiger partial charge in [-0.05, 0) is 59.8 Å². The summed E-state index contributed by atoms with van der Waals surface area (Å²) in [5, 5.41) is 0. The van der Waals surface area contributed by atoms with Crippen LogP contribution in [0.2, 0.25) is 0 Å². The van der Waals surface area contributed by atoms with Gasteiger partial charge in [-0.25, -0.2) is 0 Å². The van der Waals surface area contributed by atoms with Gasteiger partial charge in [-0.3, -0.25) is 4.79 Å². The Morgan fingerprint density at radius 3 is 2.10 bits per heavy atom. The Morgan fingerprint density at radius 2 is 1.52 bits per heavy atom. The van der Waals surface area contributed by atoms with Crippen molar-refractivity contribution in [2.45, 2.75) is 66.2 Å². The van der Waals surface area contributed by atoms with Gasteiger partial charge in [-0.15, -0.1) is 0 Å². The van der Waals surface area contributed by atoms with Crippen molar-refractivity contribution in [1.29, 1.82) is 0 Å². The molecule has 0 spiro atoms. The van der Waals surface area contributed by atoms with E-state index in [4.69, 9.17) is 0 Å². The SMILES string of the molecule is C=C(C)C1C/C=C(\C)CC/C=C(\C)CC/C=C(\C)CC1=O. The quantitative estimate of drug-likeness (QED) is 0.545. The summed E-state index contributed by atoms with van der Waals surface area (Å²) in [6, 6.07) is 0. The molecular weight excluding hydrogens is 256 g/mol. The summed E-state index contributed by atoms with van der Waals surface area (Å²) >= 11 is 0. The first-order valence-corrected chi connectivity index (χ1v) is 8.05. The molecule has 0 aromatic heterocycles. The number of hydrogen-bond donors (Lipinski definition) is 0. The van der Waals surface area contributed by atoms with Gasteiger partial charge >= 0.3 is 0 Å². The maximum absolute atomic E-state index is 12.5. The minimum atomic E-state index is -0.0245. The fourth-order valence-electron chi connectivity index (χ4n) is 2.69. The normalized spacial score (nSPS) is 30.2. The van der Waals surface area contributed by atoms with Crippen LogP contribution in [-0.4, -0.2) is 5.78 Å². The first-order chi connectivity index (χ1) is 9.90. The Labute approximate surface area is 130 Å². The van der Waals surface area contributed by atoms with Crippen molar-refractivity contribution in [2.75, 3.05) is 0 Å². The molecule has 0 aromatic carbocycles. The first-order valence-electron chi connectivity index (χ1n) is 8.05. The van der Waals surface area contributed by atoms with Crippen molar-refractivity contribution < 1.29 is 4.79 Å². The smallest absolute Gasteiger partial charge is 0.144 e. The third-order valence-electron chi connectivity index (χ3n) is 4.20. The van der Waals surface area contributed by atoms with E-state index in [1.165, 1.54) is 16.7 Å². The van der Waals surface area contributed by atoms with Crippen LogP contribution in [0.1, 0.15) is 66.2 Å². The van der Waals surface area contributed by atoms with Crippen molar-refractivity contribution >= 4 is 5.78 Å². The van der Waals surface area contributed by atoms with Crippen molar-refractivity contribution in [3.63, 3.8) is 0 Å². The van der Waals surface area contributed by atoms with Gasteiger partial charge in [0.2, 0.25) is 0 Å². The van der Waals surface area contributed by atoms with E-state index in [0.29, 0.717) is 12.2 Å². The standard InChI is InChI=1S/C20H30O/c1-15(2)19-13-12-17(4)10-6-8-16(3)9-7-11-18(5)14-20(19)21/h8,11-12,19H,1,6-7,9-10,13-14H2,2-5H3/b16-8+,17-12+,18-11+. The van der Waals surface area contributed by atoms with E-state index >= 15 is 0 Å². The average Bonchev–Trinajstić information content (AvgIpc) is 2.37. The van der Waals surface area contributed by atoms with Gasteiger partial charge in [0.15, 0.2) is 0 Å². The minimum Gasteiger partial charge on any atom is -0.299 e. The molecule has 1 unspecified atom stereocenters. The highest BCUT2D eigenvalue weighted by molar-refractivity contribution is 5.85. The average molecular weight is 286 g/mol. The molecule has 0 aliphatic heterocycles. The lowest BCUT2D eigenvalue weighted by Crippen LogP contribution is -2.15. The van der Waals surface area contributed by atoms with Crippen molar-refractivity contribution in [2.24, 2.45) is 5.92 Å². The number of carbonyl (C=O) groups is 1. The zero-order valence-electron chi connectivity index (χ0n) is 14.2. The summed E-state index contributed by atoms with van der Waals surface area (Å²) in [5.41, 5.74) is 5.01. The lowest BCUT2D eigenvalue weighted by Gasteiger charge is -2.15. The highest BCUT2D eigenvalue weighted by Gasteiger charge is 2.18. The second-order valence-electron chi connectivity index (χ2n) is 6.51. The molecule has 0 aromatic rings. The third-order valence-corrected chi connectivity index (χ3v) is 4.20. The van der Waals surface area contributed by atoms with Crippen molar-refractivity contribution in [3.05, 3.63) is 47.1 Å². The van der Waals surface area contributed by atoms with Gasteiger partial charge in [-0.2, -0.15) is 0 Å². The van der Waals surface area contributed by atoms with E-state index in [1.807, 2.05) is 6.92 Å². The Balaban J connectivity index is 2.92. The molecule has 21 heavy (non-hydrogen) atoms. The molecule has 0 bridgehead atoms. The van der Waals surface area contributed by atoms with Gasteiger partial charge in [0.25, 0.3) is 0 Å². The number of carbonyl (C=O) groups excluding carboxylic acids is 1. The van der Waals surface area contributed by atoms with Crippen LogP contribution in [0.3, 0.4) is 0 Å². The number of rotatable bonds is 1. The van der Waals surface area contributed by atoms with E-state index in [9.17, 15) is 4.79 Å². The van der Waals surface area contributed by atoms with Crippen molar-refractivity contribution in [1.82, 2.24) is 0 Å². The summed E-state index contributed by atoms with van der Waals surface area (Å²) in [4.78, 5) is 12.5. The van der Waals surface area contributed by atoms with Crippen LogP contribution >= 0.6 is 0 Å². The summed E-state index contributed by atoms with van der Waals surface area (Å²) in [7, 11) is 0. The van der Waals surface area contributed by atoms with Gasteiger partial charge < -0.3 is 0 Å². The lowest BCUT2D eigenvalue weighted by molar-refractivity contribution is -0.121. The van der Waals surface area contributed by atoms with E-state index in [-0.39, 0.29) is 5.92 Å². The van der Waals surface area contributed by atoms with E-state index in [1.54, 1.807) is 0 Å². The van der Waals surface area contributed by atoms with Gasteiger partial charge in [0.1, 0.15) is 5.78 Å². The predicted molar refractivity (Wildman–Crippen MR) is 92.3 cm³/mol. The van der Waals surface area contributed by atoms with Crippen LogP contribution in [0.15, 0.2) is 47.1 Å². The molecule has 116 valence electrons. The molecule has 1 atom stereocenters. The molecule has 0 heterocycles. The fraction of sp³-hybridized carbons (Fsp3) is 0.550. The number of ketones is 1. The van der Waals surface area contributed by atoms with Crippen LogP contribution in [0, 0.1) is 5.92 Å². The van der Waals surface area contributed by atoms with Crippen LogP contribution in [-0.2, 0) is 4.79 Å². The van der Waals surface area contributed by atoms with E-state index in [0.717, 1.165) is 37.7 Å². The largest absolute Gasteiger partial charge is 0.299 e. The zero-order chi connectivity index (χ0) is 15.8. The van der Waals surface area contributed by atoms with Crippen molar-refractivity contribution in [3.8, 4) is 0 Å². The Bertz CT molecular complexity index is 474. The van der Waals surface area contributed by atoms with Gasteiger partial charge in [0, 0.05) is 12.3 Å². The Morgan fingerprint density at radius 1 is 1.00 bits per heavy atom. The topological polar surface area (TPSA) is 17.1 Å². The van der Waals surface area contributed by atoms with Crippen LogP contribution in [0.4, 0.5) is 0 Å². The number of Topliss-reactive ketones (excluding diaryl/α,β-unsaturated/α-hetero) is 1. The second kappa shape index (κ2) is 8.81. The minimum absolute atomic E-state index is 0.0245. The van der Waals surface area contributed by atoms with Crippen LogP contribution in [0.25, 0.3) is 0 Å². The predicted octanol–water partition coefficient (Wildman–Crippen LogP) is 5.94. The molecule has 0 amide bonds. The van der Waals surface area contributed by atoms with Crippen LogP contribution in [0.5, 0.6) is 0 Å². The van der Waals surface area contributed by atoms with Gasteiger partial charge in [-0.1, -0.05) is 47.1 Å². The number of hydrogen-bond acceptors (Lipinski definition) is 1. The fourth-order valence-corrected chi connectivity index (χ4v) is 2.69. The second-order valence-corrected chi connectivity index (χ2v) is 6.51. The number of allylic oxidation sites excluding steroid dienone is 7. The molecule has 0 fully saturated rings. The molecule has 1 rings (SSSR count). The Kier molecular flexibility index (Phi) is 7.42. The zero-order valence-corrected chi connectivity index (χ0v) is 14.2. The van der Waals surface area contributed by atoms with E-state index < -0.39 is 0 Å².